The molecule has 0 bridgehead atoms. The normalized spacial score (nSPS) is 10.8. The van der Waals surface area contributed by atoms with E-state index in [1.54, 1.807) is 0 Å². The van der Waals surface area contributed by atoms with Gasteiger partial charge in [0.05, 0.1) is 12.2 Å². The molecule has 0 N–H and O–H groups in total. The minimum Gasteiger partial charge on any atom is -0.249 e. The Labute approximate surface area is 115 Å². The summed E-state index contributed by atoms with van der Waals surface area (Å²) in [5.41, 5.74) is 3.35. The van der Waals surface area contributed by atoms with Gasteiger partial charge in [-0.2, -0.15) is 5.10 Å². The average Bonchev–Trinajstić information content (AvgIpc) is 2.54. The Balaban J connectivity index is 2.30. The van der Waals surface area contributed by atoms with Crippen LogP contribution in [0.4, 0.5) is 0 Å². The maximum Gasteiger partial charge on any atom is 0.130 e. The highest BCUT2D eigenvalue weighted by Gasteiger charge is 2.11. The largest absolute Gasteiger partial charge is 0.249 e. The molecule has 0 spiro atoms. The Morgan fingerprint density at radius 3 is 2.76 bits per heavy atom. The van der Waals surface area contributed by atoms with Gasteiger partial charge in [0.1, 0.15) is 5.15 Å². The number of hydrogen-bond acceptors (Lipinski definition) is 1. The Hall–Kier alpha value is -0.800. The molecule has 0 atom stereocenters. The molecule has 1 aromatic heterocycles. The first-order valence-corrected chi connectivity index (χ1v) is 6.75. The van der Waals surface area contributed by atoms with E-state index < -0.39 is 0 Å². The van der Waals surface area contributed by atoms with Crippen LogP contribution in [-0.4, -0.2) is 9.78 Å². The second kappa shape index (κ2) is 5.23. The van der Waals surface area contributed by atoms with E-state index in [1.165, 1.54) is 5.56 Å². The van der Waals surface area contributed by atoms with Gasteiger partial charge in [0, 0.05) is 10.0 Å². The lowest BCUT2D eigenvalue weighted by Gasteiger charge is -2.04. The quantitative estimate of drug-likeness (QED) is 0.829. The van der Waals surface area contributed by atoms with Crippen LogP contribution in [-0.2, 0) is 13.0 Å². The van der Waals surface area contributed by atoms with Crippen molar-refractivity contribution < 1.29 is 0 Å². The van der Waals surface area contributed by atoms with Gasteiger partial charge in [-0.3, -0.25) is 0 Å². The molecule has 0 aliphatic rings. The van der Waals surface area contributed by atoms with Crippen molar-refractivity contribution >= 4 is 27.5 Å². The van der Waals surface area contributed by atoms with Gasteiger partial charge in [-0.1, -0.05) is 46.6 Å². The van der Waals surface area contributed by atoms with Gasteiger partial charge in [0.2, 0.25) is 0 Å². The standard InChI is InChI=1S/C13H14BrClN2/c1-3-12-9(2)16-17(13(12)15)8-10-5-4-6-11(14)7-10/h4-7H,3,8H2,1-2H3. The molecule has 90 valence electrons. The van der Waals surface area contributed by atoms with Gasteiger partial charge in [-0.25, -0.2) is 4.68 Å². The Morgan fingerprint density at radius 2 is 2.18 bits per heavy atom. The lowest BCUT2D eigenvalue weighted by atomic mass is 10.2. The van der Waals surface area contributed by atoms with Gasteiger partial charge in [-0.05, 0) is 31.0 Å². The van der Waals surface area contributed by atoms with Gasteiger partial charge in [0.15, 0.2) is 0 Å². The van der Waals surface area contributed by atoms with Crippen molar-refractivity contribution in [3.05, 3.63) is 50.7 Å². The number of rotatable bonds is 3. The molecule has 0 saturated carbocycles. The molecule has 0 fully saturated rings. The Bertz CT molecular complexity index is 534. The highest BCUT2D eigenvalue weighted by atomic mass is 79.9. The van der Waals surface area contributed by atoms with Crippen molar-refractivity contribution in [2.24, 2.45) is 0 Å². The summed E-state index contributed by atoms with van der Waals surface area (Å²) >= 11 is 9.77. The number of aromatic nitrogens is 2. The summed E-state index contributed by atoms with van der Waals surface area (Å²) in [5, 5.41) is 5.23. The fraction of sp³-hybridized carbons (Fsp3) is 0.308. The van der Waals surface area contributed by atoms with E-state index in [-0.39, 0.29) is 0 Å². The summed E-state index contributed by atoms with van der Waals surface area (Å²) in [7, 11) is 0. The first-order valence-electron chi connectivity index (χ1n) is 5.58. The van der Waals surface area contributed by atoms with Crippen molar-refractivity contribution in [2.45, 2.75) is 26.8 Å². The van der Waals surface area contributed by atoms with Crippen molar-refractivity contribution in [3.63, 3.8) is 0 Å². The van der Waals surface area contributed by atoms with Gasteiger partial charge >= 0.3 is 0 Å². The second-order valence-electron chi connectivity index (χ2n) is 4.00. The lowest BCUT2D eigenvalue weighted by molar-refractivity contribution is 0.680. The van der Waals surface area contributed by atoms with Crippen LogP contribution in [0.3, 0.4) is 0 Å². The zero-order valence-electron chi connectivity index (χ0n) is 9.87. The van der Waals surface area contributed by atoms with Crippen molar-refractivity contribution in [1.82, 2.24) is 9.78 Å². The average molecular weight is 314 g/mol. The molecule has 0 aliphatic carbocycles. The summed E-state index contributed by atoms with van der Waals surface area (Å²) < 4.78 is 2.93. The zero-order valence-corrected chi connectivity index (χ0v) is 12.2. The Morgan fingerprint density at radius 1 is 1.41 bits per heavy atom. The van der Waals surface area contributed by atoms with Crippen LogP contribution >= 0.6 is 27.5 Å². The molecule has 17 heavy (non-hydrogen) atoms. The molecule has 0 aliphatic heterocycles. The third kappa shape index (κ3) is 2.72. The predicted molar refractivity (Wildman–Crippen MR) is 74.6 cm³/mol. The first-order chi connectivity index (χ1) is 8.11. The molecule has 2 nitrogen and oxygen atoms in total. The highest BCUT2D eigenvalue weighted by Crippen LogP contribution is 2.21. The summed E-state index contributed by atoms with van der Waals surface area (Å²) in [6.45, 7) is 4.81. The van der Waals surface area contributed by atoms with Crippen molar-refractivity contribution in [3.8, 4) is 0 Å². The van der Waals surface area contributed by atoms with E-state index in [0.717, 1.165) is 27.3 Å². The minimum absolute atomic E-state index is 0.707. The maximum atomic E-state index is 6.31. The van der Waals surface area contributed by atoms with Crippen LogP contribution in [0.5, 0.6) is 0 Å². The van der Waals surface area contributed by atoms with Crippen LogP contribution in [0.15, 0.2) is 28.7 Å². The van der Waals surface area contributed by atoms with Crippen LogP contribution in [0.25, 0.3) is 0 Å². The molecule has 2 aromatic rings. The van der Waals surface area contributed by atoms with Crippen LogP contribution in [0.1, 0.15) is 23.7 Å². The molecular weight excluding hydrogens is 300 g/mol. The number of hydrogen-bond donors (Lipinski definition) is 0. The topological polar surface area (TPSA) is 17.8 Å². The molecule has 0 radical (unpaired) electrons. The van der Waals surface area contributed by atoms with Crippen LogP contribution in [0.2, 0.25) is 5.15 Å². The van der Waals surface area contributed by atoms with E-state index >= 15 is 0 Å². The molecule has 2 rings (SSSR count). The first kappa shape index (κ1) is 12.7. The summed E-state index contributed by atoms with van der Waals surface area (Å²) in [6, 6.07) is 8.18. The molecule has 1 heterocycles. The van der Waals surface area contributed by atoms with Gasteiger partial charge in [-0.15, -0.1) is 0 Å². The number of halogens is 2. The van der Waals surface area contributed by atoms with E-state index in [9.17, 15) is 0 Å². The predicted octanol–water partition coefficient (Wildman–Crippen LogP) is 4.22. The van der Waals surface area contributed by atoms with Crippen molar-refractivity contribution in [2.75, 3.05) is 0 Å². The van der Waals surface area contributed by atoms with Crippen LogP contribution in [0, 0.1) is 6.92 Å². The lowest BCUT2D eigenvalue weighted by Crippen LogP contribution is -2.02. The molecule has 4 heteroatoms. The molecule has 0 saturated heterocycles. The maximum absolute atomic E-state index is 6.31. The zero-order chi connectivity index (χ0) is 12.4. The number of aryl methyl sites for hydroxylation is 1. The minimum atomic E-state index is 0.707. The molecule has 0 unspecified atom stereocenters. The highest BCUT2D eigenvalue weighted by molar-refractivity contribution is 9.10. The molecule has 0 amide bonds. The SMILES string of the molecule is CCc1c(C)nn(Cc2cccc(Br)c2)c1Cl. The second-order valence-corrected chi connectivity index (χ2v) is 5.27. The smallest absolute Gasteiger partial charge is 0.130 e. The fourth-order valence-corrected chi connectivity index (χ4v) is 2.72. The summed E-state index contributed by atoms with van der Waals surface area (Å²) in [5.74, 6) is 0. The monoisotopic (exact) mass is 312 g/mol. The summed E-state index contributed by atoms with van der Waals surface area (Å²) in [6.07, 6.45) is 0.920. The van der Waals surface area contributed by atoms with Gasteiger partial charge in [0.25, 0.3) is 0 Å². The van der Waals surface area contributed by atoms with Gasteiger partial charge < -0.3 is 0 Å². The Kier molecular flexibility index (Phi) is 3.89. The summed E-state index contributed by atoms with van der Waals surface area (Å²) in [4.78, 5) is 0. The third-order valence-electron chi connectivity index (χ3n) is 2.76. The van der Waals surface area contributed by atoms with E-state index in [2.05, 4.69) is 40.1 Å². The van der Waals surface area contributed by atoms with Crippen LogP contribution < -0.4 is 0 Å². The third-order valence-corrected chi connectivity index (χ3v) is 3.67. The molecular formula is C13H14BrClN2. The van der Waals surface area contributed by atoms with E-state index in [1.807, 2.05) is 23.7 Å². The number of nitrogens with zero attached hydrogens (tertiary/aromatic N) is 2. The number of benzene rings is 1. The van der Waals surface area contributed by atoms with E-state index in [4.69, 9.17) is 11.6 Å². The van der Waals surface area contributed by atoms with Crippen molar-refractivity contribution in [1.29, 1.82) is 0 Å². The molecule has 1 aromatic carbocycles. The fourth-order valence-electron chi connectivity index (χ4n) is 1.91. The van der Waals surface area contributed by atoms with E-state index in [0.29, 0.717) is 6.54 Å².